The van der Waals surface area contributed by atoms with E-state index in [-0.39, 0.29) is 12.1 Å². The normalized spacial score (nSPS) is 12.6. The average Bonchev–Trinajstić information content (AvgIpc) is 2.26. The van der Waals surface area contributed by atoms with Gasteiger partial charge in [0.25, 0.3) is 0 Å². The van der Waals surface area contributed by atoms with Crippen LogP contribution in [0.25, 0.3) is 0 Å². The van der Waals surface area contributed by atoms with Gasteiger partial charge in [0.2, 0.25) is 0 Å². The smallest absolute Gasteiger partial charge is 0.416 e. The standard InChI is InChI=1S/C12H13F3N2O3/c1-7(5-10(18)19)16-11(20)17-9-4-2-3-8(6-9)12(13,14)15/h2-4,6-7H,5H2,1H3,(H,18,19)(H2,16,17,20). The summed E-state index contributed by atoms with van der Waals surface area (Å²) in [6.07, 6.45) is -4.78. The fourth-order valence-corrected chi connectivity index (χ4v) is 1.48. The summed E-state index contributed by atoms with van der Waals surface area (Å²) in [6.45, 7) is 1.47. The quantitative estimate of drug-likeness (QED) is 0.797. The van der Waals surface area contributed by atoms with Crippen molar-refractivity contribution in [3.05, 3.63) is 29.8 Å². The predicted octanol–water partition coefficient (Wildman–Crippen LogP) is 2.69. The SMILES string of the molecule is CC(CC(=O)O)NC(=O)Nc1cccc(C(F)(F)F)c1. The summed E-state index contributed by atoms with van der Waals surface area (Å²) in [5.74, 6) is -1.09. The molecule has 110 valence electrons. The molecular formula is C12H13F3N2O3. The van der Waals surface area contributed by atoms with Crippen molar-refractivity contribution in [1.29, 1.82) is 0 Å². The third kappa shape index (κ3) is 5.17. The first-order valence-corrected chi connectivity index (χ1v) is 5.65. The highest BCUT2D eigenvalue weighted by Crippen LogP contribution is 2.30. The van der Waals surface area contributed by atoms with Crippen molar-refractivity contribution in [3.8, 4) is 0 Å². The maximum Gasteiger partial charge on any atom is 0.416 e. The van der Waals surface area contributed by atoms with Crippen LogP contribution in [-0.4, -0.2) is 23.1 Å². The van der Waals surface area contributed by atoms with E-state index in [4.69, 9.17) is 5.11 Å². The van der Waals surface area contributed by atoms with E-state index >= 15 is 0 Å². The molecule has 0 aliphatic carbocycles. The number of anilines is 1. The second-order valence-electron chi connectivity index (χ2n) is 4.18. The van der Waals surface area contributed by atoms with Gasteiger partial charge in [0.15, 0.2) is 0 Å². The third-order valence-corrected chi connectivity index (χ3v) is 2.31. The van der Waals surface area contributed by atoms with E-state index in [1.165, 1.54) is 19.1 Å². The Hall–Kier alpha value is -2.25. The Morgan fingerprint density at radius 1 is 1.35 bits per heavy atom. The fourth-order valence-electron chi connectivity index (χ4n) is 1.48. The van der Waals surface area contributed by atoms with Crippen LogP contribution in [0.4, 0.5) is 23.7 Å². The number of benzene rings is 1. The van der Waals surface area contributed by atoms with E-state index in [1.807, 2.05) is 0 Å². The Balaban J connectivity index is 2.65. The zero-order valence-electron chi connectivity index (χ0n) is 10.5. The average molecular weight is 290 g/mol. The fraction of sp³-hybridized carbons (Fsp3) is 0.333. The van der Waals surface area contributed by atoms with E-state index in [1.54, 1.807) is 0 Å². The lowest BCUT2D eigenvalue weighted by molar-refractivity contribution is -0.138. The number of hydrogen-bond donors (Lipinski definition) is 3. The van der Waals surface area contributed by atoms with Gasteiger partial charge in [-0.3, -0.25) is 4.79 Å². The molecule has 0 aliphatic rings. The molecule has 0 saturated heterocycles. The summed E-state index contributed by atoms with van der Waals surface area (Å²) in [5, 5.41) is 13.0. The molecule has 1 aromatic rings. The Kier molecular flexibility index (Phi) is 4.95. The maximum absolute atomic E-state index is 12.5. The van der Waals surface area contributed by atoms with E-state index in [0.717, 1.165) is 12.1 Å². The predicted molar refractivity (Wildman–Crippen MR) is 65.3 cm³/mol. The van der Waals surface area contributed by atoms with Crippen molar-refractivity contribution in [3.63, 3.8) is 0 Å². The van der Waals surface area contributed by atoms with Gasteiger partial charge in [-0.2, -0.15) is 13.2 Å². The zero-order valence-corrected chi connectivity index (χ0v) is 10.5. The molecule has 1 atom stereocenters. The summed E-state index contributed by atoms with van der Waals surface area (Å²) >= 11 is 0. The Bertz CT molecular complexity index is 503. The summed E-state index contributed by atoms with van der Waals surface area (Å²) in [7, 11) is 0. The number of rotatable bonds is 4. The minimum absolute atomic E-state index is 0.0279. The van der Waals surface area contributed by atoms with Crippen molar-refractivity contribution in [2.45, 2.75) is 25.6 Å². The molecule has 0 heterocycles. The first-order valence-electron chi connectivity index (χ1n) is 5.65. The van der Waals surface area contributed by atoms with Crippen LogP contribution < -0.4 is 10.6 Å². The summed E-state index contributed by atoms with van der Waals surface area (Å²) in [6, 6.07) is 2.74. The maximum atomic E-state index is 12.5. The van der Waals surface area contributed by atoms with Crippen molar-refractivity contribution in [2.75, 3.05) is 5.32 Å². The third-order valence-electron chi connectivity index (χ3n) is 2.31. The highest BCUT2D eigenvalue weighted by Gasteiger charge is 2.30. The first kappa shape index (κ1) is 15.8. The summed E-state index contributed by atoms with van der Waals surface area (Å²) in [4.78, 5) is 21.9. The van der Waals surface area contributed by atoms with Crippen molar-refractivity contribution in [1.82, 2.24) is 5.32 Å². The van der Waals surface area contributed by atoms with Crippen molar-refractivity contribution < 1.29 is 27.9 Å². The number of alkyl halides is 3. The van der Waals surface area contributed by atoms with Crippen molar-refractivity contribution >= 4 is 17.7 Å². The molecule has 1 aromatic carbocycles. The number of halogens is 3. The highest BCUT2D eigenvalue weighted by atomic mass is 19.4. The minimum atomic E-state index is -4.50. The topological polar surface area (TPSA) is 78.4 Å². The molecule has 20 heavy (non-hydrogen) atoms. The van der Waals surface area contributed by atoms with Gasteiger partial charge in [-0.15, -0.1) is 0 Å². The van der Waals surface area contributed by atoms with Crippen LogP contribution in [-0.2, 0) is 11.0 Å². The molecule has 0 saturated carbocycles. The number of urea groups is 1. The van der Waals surface area contributed by atoms with Gasteiger partial charge >= 0.3 is 18.2 Å². The first-order chi connectivity index (χ1) is 9.18. The molecule has 0 radical (unpaired) electrons. The molecule has 3 N–H and O–H groups in total. The van der Waals surface area contributed by atoms with Crippen molar-refractivity contribution in [2.24, 2.45) is 0 Å². The number of carbonyl (C=O) groups is 2. The Morgan fingerprint density at radius 2 is 2.00 bits per heavy atom. The molecule has 1 unspecified atom stereocenters. The number of carboxylic acid groups (broad SMARTS) is 1. The molecule has 8 heteroatoms. The number of hydrogen-bond acceptors (Lipinski definition) is 2. The second-order valence-corrected chi connectivity index (χ2v) is 4.18. The molecule has 0 aliphatic heterocycles. The van der Waals surface area contributed by atoms with Crippen LogP contribution in [0, 0.1) is 0 Å². The Morgan fingerprint density at radius 3 is 2.55 bits per heavy atom. The van der Waals surface area contributed by atoms with Gasteiger partial charge in [-0.1, -0.05) is 6.07 Å². The Labute approximate surface area is 112 Å². The number of carbonyl (C=O) groups excluding carboxylic acids is 1. The van der Waals surface area contributed by atoms with Crippen LogP contribution in [0.15, 0.2) is 24.3 Å². The molecule has 2 amide bonds. The second kappa shape index (κ2) is 6.27. The van der Waals surface area contributed by atoms with E-state index in [2.05, 4.69) is 10.6 Å². The molecule has 0 fully saturated rings. The summed E-state index contributed by atoms with van der Waals surface area (Å²) < 4.78 is 37.4. The van der Waals surface area contributed by atoms with Crippen LogP contribution >= 0.6 is 0 Å². The van der Waals surface area contributed by atoms with Gasteiger partial charge < -0.3 is 15.7 Å². The van der Waals surface area contributed by atoms with E-state index in [9.17, 15) is 22.8 Å². The number of aliphatic carboxylic acids is 1. The van der Waals surface area contributed by atoms with Gasteiger partial charge in [0.05, 0.1) is 12.0 Å². The van der Waals surface area contributed by atoms with Gasteiger partial charge in [0.1, 0.15) is 0 Å². The van der Waals surface area contributed by atoms with Crippen LogP contribution in [0.5, 0.6) is 0 Å². The highest BCUT2D eigenvalue weighted by molar-refractivity contribution is 5.89. The lowest BCUT2D eigenvalue weighted by Gasteiger charge is -2.13. The largest absolute Gasteiger partial charge is 0.481 e. The monoisotopic (exact) mass is 290 g/mol. The molecule has 0 aromatic heterocycles. The summed E-state index contributed by atoms with van der Waals surface area (Å²) in [5.41, 5.74) is -0.909. The van der Waals surface area contributed by atoms with E-state index < -0.39 is 29.8 Å². The molecule has 0 spiro atoms. The lowest BCUT2D eigenvalue weighted by Crippen LogP contribution is -2.37. The van der Waals surface area contributed by atoms with Crippen LogP contribution in [0.2, 0.25) is 0 Å². The zero-order chi connectivity index (χ0) is 15.3. The number of nitrogens with one attached hydrogen (secondary N) is 2. The van der Waals surface area contributed by atoms with E-state index in [0.29, 0.717) is 0 Å². The molecule has 1 rings (SSSR count). The number of amides is 2. The molecular weight excluding hydrogens is 277 g/mol. The molecule has 5 nitrogen and oxygen atoms in total. The lowest BCUT2D eigenvalue weighted by atomic mass is 10.2. The van der Waals surface area contributed by atoms with Gasteiger partial charge in [-0.25, -0.2) is 4.79 Å². The van der Waals surface area contributed by atoms with Gasteiger partial charge in [-0.05, 0) is 25.1 Å². The number of carboxylic acids is 1. The van der Waals surface area contributed by atoms with Crippen LogP contribution in [0.3, 0.4) is 0 Å². The van der Waals surface area contributed by atoms with Gasteiger partial charge in [0, 0.05) is 11.7 Å². The van der Waals surface area contributed by atoms with Crippen LogP contribution in [0.1, 0.15) is 18.9 Å². The minimum Gasteiger partial charge on any atom is -0.481 e. The molecule has 0 bridgehead atoms.